The maximum absolute atomic E-state index is 11.4. The van der Waals surface area contributed by atoms with Crippen LogP contribution in [0.15, 0.2) is 28.8 Å². The van der Waals surface area contributed by atoms with Crippen molar-refractivity contribution >= 4 is 11.6 Å². The zero-order valence-corrected chi connectivity index (χ0v) is 13.7. The number of hydrogen-bond acceptors (Lipinski definition) is 4. The normalized spacial score (nSPS) is 13.0. The van der Waals surface area contributed by atoms with E-state index in [9.17, 15) is 4.79 Å². The molecule has 2 rings (SSSR count). The highest BCUT2D eigenvalue weighted by Gasteiger charge is 2.21. The van der Waals surface area contributed by atoms with E-state index in [1.165, 1.54) is 0 Å². The number of carbonyl (C=O) groups is 1. The van der Waals surface area contributed by atoms with Crippen molar-refractivity contribution < 1.29 is 9.21 Å². The number of benzene rings is 1. The lowest BCUT2D eigenvalue weighted by Gasteiger charge is -2.15. The van der Waals surface area contributed by atoms with E-state index in [0.29, 0.717) is 11.5 Å². The fourth-order valence-corrected chi connectivity index (χ4v) is 2.12. The third kappa shape index (κ3) is 3.47. The van der Waals surface area contributed by atoms with E-state index < -0.39 is 5.91 Å². The summed E-state index contributed by atoms with van der Waals surface area (Å²) >= 11 is 0. The molecule has 0 unspecified atom stereocenters. The van der Waals surface area contributed by atoms with Crippen molar-refractivity contribution in [1.82, 2.24) is 4.98 Å². The van der Waals surface area contributed by atoms with Crippen LogP contribution in [0.1, 0.15) is 61.3 Å². The van der Waals surface area contributed by atoms with Crippen LogP contribution < -0.4 is 11.1 Å². The van der Waals surface area contributed by atoms with E-state index in [1.807, 2.05) is 26.0 Å². The number of aromatic nitrogens is 1. The summed E-state index contributed by atoms with van der Waals surface area (Å²) < 4.78 is 5.82. The summed E-state index contributed by atoms with van der Waals surface area (Å²) in [6.45, 7) is 10.1. The Morgan fingerprint density at radius 1 is 1.36 bits per heavy atom. The highest BCUT2D eigenvalue weighted by atomic mass is 16.4. The van der Waals surface area contributed by atoms with Crippen molar-refractivity contribution in [1.29, 1.82) is 0 Å². The van der Waals surface area contributed by atoms with Crippen LogP contribution >= 0.6 is 0 Å². The second-order valence-electron chi connectivity index (χ2n) is 6.57. The van der Waals surface area contributed by atoms with Crippen LogP contribution in [-0.4, -0.2) is 10.9 Å². The van der Waals surface area contributed by atoms with Crippen LogP contribution in [0.5, 0.6) is 0 Å². The quantitative estimate of drug-likeness (QED) is 0.904. The average Bonchev–Trinajstić information content (AvgIpc) is 2.90. The first kappa shape index (κ1) is 16.1. The molecule has 0 aliphatic carbocycles. The fourth-order valence-electron chi connectivity index (χ4n) is 2.12. The van der Waals surface area contributed by atoms with Crippen molar-refractivity contribution in [3.8, 4) is 0 Å². The smallest absolute Gasteiger partial charge is 0.249 e. The lowest BCUT2D eigenvalue weighted by atomic mass is 9.94. The number of nitrogens with one attached hydrogen (secondary N) is 1. The zero-order chi connectivity index (χ0) is 16.5. The Balaban J connectivity index is 2.18. The van der Waals surface area contributed by atoms with Gasteiger partial charge in [0.25, 0.3) is 0 Å². The predicted octanol–water partition coefficient (Wildman–Crippen LogP) is 3.55. The van der Waals surface area contributed by atoms with E-state index in [0.717, 1.165) is 17.0 Å². The number of primary amides is 1. The molecule has 1 aromatic carbocycles. The van der Waals surface area contributed by atoms with Crippen LogP contribution in [0.3, 0.4) is 0 Å². The molecule has 0 saturated carbocycles. The molecule has 0 fully saturated rings. The summed E-state index contributed by atoms with van der Waals surface area (Å²) in [4.78, 5) is 15.7. The summed E-state index contributed by atoms with van der Waals surface area (Å²) in [6.07, 6.45) is 1.76. The van der Waals surface area contributed by atoms with Gasteiger partial charge < -0.3 is 15.5 Å². The molecule has 3 N–H and O–H groups in total. The van der Waals surface area contributed by atoms with Crippen molar-refractivity contribution in [2.45, 2.75) is 46.1 Å². The molecular weight excluding hydrogens is 278 g/mol. The molecular formula is C17H23N3O2. The highest BCUT2D eigenvalue weighted by molar-refractivity contribution is 5.95. The van der Waals surface area contributed by atoms with Crippen LogP contribution in [0, 0.1) is 6.92 Å². The number of rotatable bonds is 4. The Bertz CT molecular complexity index is 683. The van der Waals surface area contributed by atoms with Gasteiger partial charge in [-0.25, -0.2) is 4.98 Å². The number of anilines is 1. The van der Waals surface area contributed by atoms with Gasteiger partial charge in [-0.2, -0.15) is 0 Å². The topological polar surface area (TPSA) is 81.2 Å². The molecule has 0 saturated heterocycles. The maximum Gasteiger partial charge on any atom is 0.249 e. The molecule has 0 aliphatic rings. The lowest BCUT2D eigenvalue weighted by molar-refractivity contribution is 0.0999. The summed E-state index contributed by atoms with van der Waals surface area (Å²) in [5, 5.41) is 3.28. The van der Waals surface area contributed by atoms with Crippen molar-refractivity contribution in [2.75, 3.05) is 5.32 Å². The second-order valence-corrected chi connectivity index (χ2v) is 6.57. The minimum Gasteiger partial charge on any atom is -0.443 e. The van der Waals surface area contributed by atoms with Gasteiger partial charge in [0.05, 0.1) is 6.20 Å². The molecule has 0 radical (unpaired) electrons. The summed E-state index contributed by atoms with van der Waals surface area (Å²) in [5.41, 5.74) is 7.48. The monoisotopic (exact) mass is 301 g/mol. The second kappa shape index (κ2) is 5.83. The number of oxazole rings is 1. The molecule has 1 aromatic heterocycles. The lowest BCUT2D eigenvalue weighted by Crippen LogP contribution is -2.14. The SMILES string of the molecule is Cc1ccc(N[C@@H](C)c2ncc(C(C)(C)C)o2)cc1C(N)=O. The first-order valence-electron chi connectivity index (χ1n) is 7.31. The maximum atomic E-state index is 11.4. The van der Waals surface area contributed by atoms with Gasteiger partial charge in [-0.15, -0.1) is 0 Å². The molecule has 1 heterocycles. The number of nitrogens with zero attached hydrogens (tertiary/aromatic N) is 1. The Morgan fingerprint density at radius 2 is 2.05 bits per heavy atom. The fraction of sp³-hybridized carbons (Fsp3) is 0.412. The van der Waals surface area contributed by atoms with Crippen LogP contribution in [0.2, 0.25) is 0 Å². The number of nitrogens with two attached hydrogens (primary N) is 1. The Morgan fingerprint density at radius 3 is 2.59 bits per heavy atom. The van der Waals surface area contributed by atoms with Gasteiger partial charge >= 0.3 is 0 Å². The van der Waals surface area contributed by atoms with Crippen molar-refractivity contribution in [3.63, 3.8) is 0 Å². The summed E-state index contributed by atoms with van der Waals surface area (Å²) in [7, 11) is 0. The van der Waals surface area contributed by atoms with Gasteiger partial charge in [-0.1, -0.05) is 26.8 Å². The predicted molar refractivity (Wildman–Crippen MR) is 86.9 cm³/mol. The number of carbonyl (C=O) groups excluding carboxylic acids is 1. The summed E-state index contributed by atoms with van der Waals surface area (Å²) in [5.74, 6) is 1.03. The van der Waals surface area contributed by atoms with Gasteiger partial charge in [0, 0.05) is 16.7 Å². The molecule has 0 aliphatic heterocycles. The molecule has 5 heteroatoms. The largest absolute Gasteiger partial charge is 0.443 e. The van der Waals surface area contributed by atoms with E-state index >= 15 is 0 Å². The third-order valence-corrected chi connectivity index (χ3v) is 3.52. The van der Waals surface area contributed by atoms with Gasteiger partial charge in [-0.05, 0) is 31.5 Å². The molecule has 1 atom stereocenters. The molecule has 1 amide bonds. The number of hydrogen-bond donors (Lipinski definition) is 2. The minimum absolute atomic E-state index is 0.0754. The van der Waals surface area contributed by atoms with E-state index in [4.69, 9.17) is 10.2 Å². The van der Waals surface area contributed by atoms with Crippen LogP contribution in [0.4, 0.5) is 5.69 Å². The van der Waals surface area contributed by atoms with Crippen LogP contribution in [0.25, 0.3) is 0 Å². The van der Waals surface area contributed by atoms with Gasteiger partial charge in [0.1, 0.15) is 11.8 Å². The average molecular weight is 301 g/mol. The molecule has 118 valence electrons. The standard InChI is InChI=1S/C17H23N3O2/c1-10-6-7-12(8-13(10)15(18)21)20-11(2)16-19-9-14(22-16)17(3,4)5/h6-9,11,20H,1-5H3,(H2,18,21)/t11-/m0/s1. The molecule has 22 heavy (non-hydrogen) atoms. The van der Waals surface area contributed by atoms with Gasteiger partial charge in [0.15, 0.2) is 0 Å². The first-order valence-corrected chi connectivity index (χ1v) is 7.31. The summed E-state index contributed by atoms with van der Waals surface area (Å²) in [6, 6.07) is 5.42. The molecule has 5 nitrogen and oxygen atoms in total. The number of amides is 1. The molecule has 0 spiro atoms. The molecule has 0 bridgehead atoms. The Hall–Kier alpha value is -2.30. The van der Waals surface area contributed by atoms with E-state index in [2.05, 4.69) is 31.1 Å². The van der Waals surface area contributed by atoms with Crippen molar-refractivity contribution in [3.05, 3.63) is 47.2 Å². The van der Waals surface area contributed by atoms with Crippen LogP contribution in [-0.2, 0) is 5.41 Å². The Kier molecular flexibility index (Phi) is 4.26. The van der Waals surface area contributed by atoms with E-state index in [1.54, 1.807) is 12.3 Å². The highest BCUT2D eigenvalue weighted by Crippen LogP contribution is 2.26. The van der Waals surface area contributed by atoms with Gasteiger partial charge in [0.2, 0.25) is 11.8 Å². The molecule has 2 aromatic rings. The Labute approximate surface area is 130 Å². The van der Waals surface area contributed by atoms with Crippen molar-refractivity contribution in [2.24, 2.45) is 5.73 Å². The first-order chi connectivity index (χ1) is 10.2. The van der Waals surface area contributed by atoms with Gasteiger partial charge in [-0.3, -0.25) is 4.79 Å². The minimum atomic E-state index is -0.431. The third-order valence-electron chi connectivity index (χ3n) is 3.52. The zero-order valence-electron chi connectivity index (χ0n) is 13.7. The number of aryl methyl sites for hydroxylation is 1. The van der Waals surface area contributed by atoms with E-state index in [-0.39, 0.29) is 11.5 Å².